The minimum Gasteiger partial charge on any atom is -0.399 e. The van der Waals surface area contributed by atoms with Gasteiger partial charge in [-0.15, -0.1) is 5.10 Å². The van der Waals surface area contributed by atoms with Crippen molar-refractivity contribution in [3.8, 4) is 0 Å². The third-order valence-electron chi connectivity index (χ3n) is 7.75. The zero-order valence-corrected chi connectivity index (χ0v) is 18.8. The molecule has 166 valence electrons. The van der Waals surface area contributed by atoms with Gasteiger partial charge in [0.1, 0.15) is 11.6 Å². The van der Waals surface area contributed by atoms with Crippen LogP contribution in [-0.2, 0) is 44.2 Å². The van der Waals surface area contributed by atoms with Gasteiger partial charge in [-0.1, -0.05) is 18.2 Å². The third-order valence-corrected chi connectivity index (χ3v) is 7.75. The Bertz CT molecular complexity index is 1170. The molecule has 1 spiro atoms. The van der Waals surface area contributed by atoms with Crippen LogP contribution in [0.4, 0.5) is 11.5 Å². The van der Waals surface area contributed by atoms with Crippen LogP contribution in [0, 0.1) is 0 Å². The molecule has 0 fully saturated rings. The highest BCUT2D eigenvalue weighted by Crippen LogP contribution is 2.48. The second kappa shape index (κ2) is 7.57. The van der Waals surface area contributed by atoms with Crippen LogP contribution in [0.2, 0.25) is 0 Å². The van der Waals surface area contributed by atoms with E-state index in [1.165, 1.54) is 35.2 Å². The molecular weight excluding hydrogens is 398 g/mol. The maximum absolute atomic E-state index is 6.23. The summed E-state index contributed by atoms with van der Waals surface area (Å²) in [6, 6.07) is 6.55. The van der Waals surface area contributed by atoms with Crippen LogP contribution in [0.1, 0.15) is 66.5 Å². The van der Waals surface area contributed by atoms with Crippen molar-refractivity contribution in [2.75, 3.05) is 17.2 Å². The van der Waals surface area contributed by atoms with Crippen LogP contribution < -0.4 is 10.6 Å². The molecule has 3 heterocycles. The quantitative estimate of drug-likeness (QED) is 0.629. The summed E-state index contributed by atoms with van der Waals surface area (Å²) in [6.07, 6.45) is 10.6. The van der Waals surface area contributed by atoms with E-state index in [1.54, 1.807) is 0 Å². The molecule has 1 aliphatic heterocycles. The van der Waals surface area contributed by atoms with Gasteiger partial charge in [0.15, 0.2) is 0 Å². The van der Waals surface area contributed by atoms with E-state index in [-0.39, 0.29) is 5.41 Å². The first-order chi connectivity index (χ1) is 15.6. The summed E-state index contributed by atoms with van der Waals surface area (Å²) in [6.45, 7) is 4.87. The van der Waals surface area contributed by atoms with Gasteiger partial charge < -0.3 is 10.6 Å². The second-order valence-electron chi connectivity index (χ2n) is 9.69. The van der Waals surface area contributed by atoms with Crippen molar-refractivity contribution >= 4 is 11.5 Å². The zero-order chi connectivity index (χ0) is 21.7. The summed E-state index contributed by atoms with van der Waals surface area (Å²) in [7, 11) is 0. The van der Waals surface area contributed by atoms with E-state index in [4.69, 9.17) is 15.7 Å². The van der Waals surface area contributed by atoms with Gasteiger partial charge in [-0.2, -0.15) is 0 Å². The number of rotatable bonds is 2. The van der Waals surface area contributed by atoms with E-state index in [1.807, 2.05) is 10.9 Å². The summed E-state index contributed by atoms with van der Waals surface area (Å²) in [5, 5.41) is 8.37. The highest BCUT2D eigenvalue weighted by atomic mass is 15.4. The lowest BCUT2D eigenvalue weighted by atomic mass is 9.62. The molecule has 2 aliphatic carbocycles. The Hall–Kier alpha value is -2.96. The summed E-state index contributed by atoms with van der Waals surface area (Å²) in [4.78, 5) is 12.6. The van der Waals surface area contributed by atoms with Crippen molar-refractivity contribution in [2.45, 2.75) is 76.8 Å². The number of nitrogens with zero attached hydrogens (tertiary/aromatic N) is 6. The molecule has 1 aromatic carbocycles. The number of benzene rings is 1. The van der Waals surface area contributed by atoms with Gasteiger partial charge in [-0.3, -0.25) is 0 Å². The van der Waals surface area contributed by atoms with E-state index in [0.717, 1.165) is 81.2 Å². The molecular formula is C25H31N7. The molecule has 2 aromatic heterocycles. The molecule has 1 unspecified atom stereocenters. The fourth-order valence-electron chi connectivity index (χ4n) is 6.12. The highest BCUT2D eigenvalue weighted by molar-refractivity contribution is 5.55. The van der Waals surface area contributed by atoms with Crippen molar-refractivity contribution in [1.82, 2.24) is 25.0 Å². The molecule has 3 aliphatic rings. The van der Waals surface area contributed by atoms with Gasteiger partial charge in [-0.25, -0.2) is 14.6 Å². The van der Waals surface area contributed by atoms with E-state index < -0.39 is 0 Å². The first kappa shape index (κ1) is 19.7. The van der Waals surface area contributed by atoms with Crippen LogP contribution >= 0.6 is 0 Å². The lowest BCUT2D eigenvalue weighted by Crippen LogP contribution is -2.39. The predicted molar refractivity (Wildman–Crippen MR) is 125 cm³/mol. The molecule has 0 radical (unpaired) electrons. The fraction of sp³-hybridized carbons (Fsp3) is 0.520. The van der Waals surface area contributed by atoms with E-state index in [0.29, 0.717) is 0 Å². The van der Waals surface area contributed by atoms with Crippen LogP contribution in [-0.4, -0.2) is 31.5 Å². The Kier molecular flexibility index (Phi) is 4.66. The number of aromatic nitrogens is 5. The van der Waals surface area contributed by atoms with Crippen molar-refractivity contribution in [3.05, 3.63) is 58.3 Å². The van der Waals surface area contributed by atoms with Crippen molar-refractivity contribution in [1.29, 1.82) is 0 Å². The van der Waals surface area contributed by atoms with Crippen LogP contribution in [0.3, 0.4) is 0 Å². The van der Waals surface area contributed by atoms with E-state index in [2.05, 4.69) is 40.3 Å². The standard InChI is InChI=1S/C25H31N7/c1-2-23-28-22-14-25(9-3-5-17-6-7-18(26)13-21(17)25)10-8-20(22)24(29-23)31-11-4-12-32-19(16-31)15-27-30-32/h6-7,13,15H,2-5,8-12,14,16,26H2,1H3. The number of nitrogen functional groups attached to an aromatic ring is 1. The maximum Gasteiger partial charge on any atom is 0.136 e. The molecule has 32 heavy (non-hydrogen) atoms. The Morgan fingerprint density at radius 2 is 2.03 bits per heavy atom. The minimum absolute atomic E-state index is 0.161. The molecule has 7 heteroatoms. The van der Waals surface area contributed by atoms with Gasteiger partial charge in [-0.05, 0) is 68.2 Å². The van der Waals surface area contributed by atoms with E-state index in [9.17, 15) is 0 Å². The zero-order valence-electron chi connectivity index (χ0n) is 18.8. The third kappa shape index (κ3) is 3.17. The number of hydrogen-bond donors (Lipinski definition) is 1. The van der Waals surface area contributed by atoms with Gasteiger partial charge in [0.2, 0.25) is 0 Å². The number of aryl methyl sites for hydroxylation is 3. The Labute approximate surface area is 189 Å². The summed E-state index contributed by atoms with van der Waals surface area (Å²) in [5.74, 6) is 2.09. The molecule has 6 rings (SSSR count). The molecule has 0 saturated carbocycles. The lowest BCUT2D eigenvalue weighted by molar-refractivity contribution is 0.312. The molecule has 3 aromatic rings. The van der Waals surface area contributed by atoms with Gasteiger partial charge in [0, 0.05) is 36.2 Å². The summed E-state index contributed by atoms with van der Waals surface area (Å²) in [5.41, 5.74) is 14.0. The number of hydrogen-bond acceptors (Lipinski definition) is 6. The molecule has 7 nitrogen and oxygen atoms in total. The van der Waals surface area contributed by atoms with Crippen LogP contribution in [0.5, 0.6) is 0 Å². The molecule has 2 N–H and O–H groups in total. The van der Waals surface area contributed by atoms with Crippen molar-refractivity contribution in [3.63, 3.8) is 0 Å². The molecule has 0 amide bonds. The van der Waals surface area contributed by atoms with Crippen LogP contribution in [0.15, 0.2) is 24.4 Å². The second-order valence-corrected chi connectivity index (χ2v) is 9.69. The first-order valence-electron chi connectivity index (χ1n) is 12.0. The number of fused-ring (bicyclic) bond motifs is 4. The Morgan fingerprint density at radius 1 is 1.09 bits per heavy atom. The summed E-state index contributed by atoms with van der Waals surface area (Å²) >= 11 is 0. The first-order valence-corrected chi connectivity index (χ1v) is 12.0. The Morgan fingerprint density at radius 3 is 2.94 bits per heavy atom. The molecule has 0 bridgehead atoms. The van der Waals surface area contributed by atoms with E-state index >= 15 is 0 Å². The van der Waals surface area contributed by atoms with Gasteiger partial charge in [0.25, 0.3) is 0 Å². The average molecular weight is 430 g/mol. The lowest BCUT2D eigenvalue weighted by Gasteiger charge is -2.43. The smallest absolute Gasteiger partial charge is 0.136 e. The normalized spacial score (nSPS) is 22.2. The topological polar surface area (TPSA) is 85.8 Å². The fourth-order valence-corrected chi connectivity index (χ4v) is 6.12. The monoisotopic (exact) mass is 429 g/mol. The maximum atomic E-state index is 6.23. The number of nitrogens with two attached hydrogens (primary N) is 1. The summed E-state index contributed by atoms with van der Waals surface area (Å²) < 4.78 is 2.03. The number of anilines is 2. The Balaban J connectivity index is 1.41. The molecule has 0 saturated heterocycles. The SMILES string of the molecule is CCc1nc2c(c(N3CCCn4nncc4C3)n1)CCC1(CCCc3ccc(N)cc31)C2. The molecule has 1 atom stereocenters. The van der Waals surface area contributed by atoms with Gasteiger partial charge >= 0.3 is 0 Å². The highest BCUT2D eigenvalue weighted by Gasteiger charge is 2.41. The van der Waals surface area contributed by atoms with Crippen LogP contribution in [0.25, 0.3) is 0 Å². The van der Waals surface area contributed by atoms with Gasteiger partial charge in [0.05, 0.1) is 24.1 Å². The minimum atomic E-state index is 0.161. The largest absolute Gasteiger partial charge is 0.399 e. The van der Waals surface area contributed by atoms with Crippen molar-refractivity contribution in [2.24, 2.45) is 0 Å². The van der Waals surface area contributed by atoms with Crippen molar-refractivity contribution < 1.29 is 0 Å². The average Bonchev–Trinajstić information content (AvgIpc) is 3.15. The predicted octanol–water partition coefficient (Wildman–Crippen LogP) is 3.39.